The predicted octanol–water partition coefficient (Wildman–Crippen LogP) is 1.98. The summed E-state index contributed by atoms with van der Waals surface area (Å²) in [7, 11) is 0. The highest BCUT2D eigenvalue weighted by molar-refractivity contribution is 7.11. The smallest absolute Gasteiger partial charge is 0.0897 e. The number of aryl methyl sites for hydroxylation is 1. The van der Waals surface area contributed by atoms with Crippen LogP contribution in [0.1, 0.15) is 30.2 Å². The number of aliphatic hydroxyl groups is 1. The third kappa shape index (κ3) is 4.52. The lowest BCUT2D eigenvalue weighted by Gasteiger charge is -2.42. The molecule has 1 unspecified atom stereocenters. The molecule has 0 radical (unpaired) electrons. The van der Waals surface area contributed by atoms with Gasteiger partial charge in [-0.1, -0.05) is 13.8 Å². The van der Waals surface area contributed by atoms with Crippen molar-refractivity contribution >= 4 is 11.3 Å². The third-order valence-corrected chi connectivity index (χ3v) is 4.70. The van der Waals surface area contributed by atoms with Crippen LogP contribution >= 0.6 is 11.3 Å². The fraction of sp³-hybridized carbons (Fsp3) is 0.800. The zero-order valence-electron chi connectivity index (χ0n) is 12.9. The van der Waals surface area contributed by atoms with E-state index in [9.17, 15) is 5.11 Å². The second-order valence-electron chi connectivity index (χ2n) is 6.14. The molecule has 1 N–H and O–H groups in total. The molecular weight excluding hydrogens is 270 g/mol. The Hall–Kier alpha value is -0.490. The van der Waals surface area contributed by atoms with E-state index in [0.717, 1.165) is 44.2 Å². The quantitative estimate of drug-likeness (QED) is 0.871. The minimum absolute atomic E-state index is 0.284. The number of nitrogens with zero attached hydrogens (tertiary/aromatic N) is 3. The first-order chi connectivity index (χ1) is 9.58. The van der Waals surface area contributed by atoms with E-state index in [4.69, 9.17) is 0 Å². The Morgan fingerprint density at radius 2 is 2.25 bits per heavy atom. The minimum Gasteiger partial charge on any atom is -0.396 e. The highest BCUT2D eigenvalue weighted by Crippen LogP contribution is 2.19. The molecule has 2 heterocycles. The van der Waals surface area contributed by atoms with E-state index in [0.29, 0.717) is 12.0 Å². The van der Waals surface area contributed by atoms with E-state index in [1.807, 2.05) is 6.20 Å². The Morgan fingerprint density at radius 3 is 2.85 bits per heavy atom. The number of rotatable bonds is 6. The summed E-state index contributed by atoms with van der Waals surface area (Å²) in [6, 6.07) is 0.491. The SMILES string of the molecule is Cc1ncc(CN2CCN(CC(C)C)C(CCO)C2)s1. The molecule has 0 aromatic carbocycles. The van der Waals surface area contributed by atoms with Crippen LogP contribution in [0.5, 0.6) is 0 Å². The summed E-state index contributed by atoms with van der Waals surface area (Å²) < 4.78 is 0. The summed E-state index contributed by atoms with van der Waals surface area (Å²) in [5.41, 5.74) is 0. The van der Waals surface area contributed by atoms with Gasteiger partial charge in [0.05, 0.1) is 5.01 Å². The van der Waals surface area contributed by atoms with E-state index < -0.39 is 0 Å². The van der Waals surface area contributed by atoms with Crippen LogP contribution in [0.2, 0.25) is 0 Å². The van der Waals surface area contributed by atoms with E-state index >= 15 is 0 Å². The van der Waals surface area contributed by atoms with Crippen LogP contribution in [0, 0.1) is 12.8 Å². The fourth-order valence-electron chi connectivity index (χ4n) is 2.93. The van der Waals surface area contributed by atoms with E-state index in [-0.39, 0.29) is 6.61 Å². The molecule has 0 spiro atoms. The molecule has 1 aromatic rings. The van der Waals surface area contributed by atoms with Crippen LogP contribution in [0.4, 0.5) is 0 Å². The monoisotopic (exact) mass is 297 g/mol. The maximum Gasteiger partial charge on any atom is 0.0897 e. The van der Waals surface area contributed by atoms with Gasteiger partial charge in [-0.3, -0.25) is 9.80 Å². The van der Waals surface area contributed by atoms with Gasteiger partial charge in [0.15, 0.2) is 0 Å². The highest BCUT2D eigenvalue weighted by atomic mass is 32.1. The van der Waals surface area contributed by atoms with Crippen molar-refractivity contribution in [2.45, 2.75) is 39.8 Å². The third-order valence-electron chi connectivity index (χ3n) is 3.80. The van der Waals surface area contributed by atoms with E-state index in [1.54, 1.807) is 11.3 Å². The van der Waals surface area contributed by atoms with Crippen molar-refractivity contribution in [3.05, 3.63) is 16.1 Å². The molecule has 1 aromatic heterocycles. The van der Waals surface area contributed by atoms with Gasteiger partial charge in [0.1, 0.15) is 0 Å². The van der Waals surface area contributed by atoms with Crippen molar-refractivity contribution in [1.29, 1.82) is 0 Å². The van der Waals surface area contributed by atoms with Gasteiger partial charge in [0.2, 0.25) is 0 Å². The number of hydrogen-bond donors (Lipinski definition) is 1. The van der Waals surface area contributed by atoms with Crippen molar-refractivity contribution in [2.24, 2.45) is 5.92 Å². The lowest BCUT2D eigenvalue weighted by atomic mass is 10.1. The standard InChI is InChI=1S/C15H27N3OS/c1-12(2)9-18-6-5-17(10-14(18)4-7-19)11-15-8-16-13(3)20-15/h8,12,14,19H,4-7,9-11H2,1-3H3. The predicted molar refractivity (Wildman–Crippen MR) is 84.0 cm³/mol. The molecule has 4 nitrogen and oxygen atoms in total. The van der Waals surface area contributed by atoms with Gasteiger partial charge in [-0.25, -0.2) is 4.98 Å². The molecule has 1 atom stereocenters. The number of aliphatic hydroxyl groups excluding tert-OH is 1. The molecule has 114 valence electrons. The molecule has 2 rings (SSSR count). The average Bonchev–Trinajstić information content (AvgIpc) is 2.78. The molecule has 0 aliphatic carbocycles. The van der Waals surface area contributed by atoms with Crippen molar-refractivity contribution in [3.63, 3.8) is 0 Å². The van der Waals surface area contributed by atoms with Gasteiger partial charge in [-0.15, -0.1) is 11.3 Å². The molecule has 1 fully saturated rings. The molecule has 20 heavy (non-hydrogen) atoms. The lowest BCUT2D eigenvalue weighted by Crippen LogP contribution is -2.53. The first-order valence-corrected chi connectivity index (χ1v) is 8.38. The normalized spacial score (nSPS) is 21.8. The van der Waals surface area contributed by atoms with Crippen molar-refractivity contribution in [1.82, 2.24) is 14.8 Å². The van der Waals surface area contributed by atoms with Crippen molar-refractivity contribution < 1.29 is 5.11 Å². The van der Waals surface area contributed by atoms with Crippen LogP contribution in [0.15, 0.2) is 6.20 Å². The summed E-state index contributed by atoms with van der Waals surface area (Å²) in [4.78, 5) is 10.7. The number of thiazole rings is 1. The number of piperazine rings is 1. The Morgan fingerprint density at radius 1 is 1.45 bits per heavy atom. The summed E-state index contributed by atoms with van der Waals surface area (Å²) in [6.07, 6.45) is 2.88. The first-order valence-electron chi connectivity index (χ1n) is 7.57. The van der Waals surface area contributed by atoms with Gasteiger partial charge < -0.3 is 5.11 Å². The second-order valence-corrected chi connectivity index (χ2v) is 7.45. The Balaban J connectivity index is 1.91. The second kappa shape index (κ2) is 7.50. The van der Waals surface area contributed by atoms with Crippen molar-refractivity contribution in [2.75, 3.05) is 32.8 Å². The van der Waals surface area contributed by atoms with E-state index in [1.165, 1.54) is 4.88 Å². The van der Waals surface area contributed by atoms with Crippen LogP contribution in [-0.4, -0.2) is 58.7 Å². The summed E-state index contributed by atoms with van der Waals surface area (Å²) in [5.74, 6) is 0.687. The molecule has 1 saturated heterocycles. The van der Waals surface area contributed by atoms with Gasteiger partial charge in [-0.05, 0) is 19.3 Å². The first kappa shape index (κ1) is 15.9. The van der Waals surface area contributed by atoms with Gasteiger partial charge >= 0.3 is 0 Å². The molecule has 1 aliphatic heterocycles. The topological polar surface area (TPSA) is 39.6 Å². The zero-order valence-corrected chi connectivity index (χ0v) is 13.7. The highest BCUT2D eigenvalue weighted by Gasteiger charge is 2.27. The minimum atomic E-state index is 0.284. The summed E-state index contributed by atoms with van der Waals surface area (Å²) in [6.45, 7) is 12.3. The Labute approximate surface area is 126 Å². The van der Waals surface area contributed by atoms with Crippen LogP contribution in [0.3, 0.4) is 0 Å². The largest absolute Gasteiger partial charge is 0.396 e. The fourth-order valence-corrected chi connectivity index (χ4v) is 3.77. The Bertz CT molecular complexity index is 408. The molecule has 5 heteroatoms. The average molecular weight is 297 g/mol. The molecule has 0 saturated carbocycles. The maximum atomic E-state index is 9.30. The molecule has 0 amide bonds. The van der Waals surface area contributed by atoms with Crippen LogP contribution in [-0.2, 0) is 6.54 Å². The van der Waals surface area contributed by atoms with Crippen LogP contribution < -0.4 is 0 Å². The Kier molecular flexibility index (Phi) is 5.96. The molecular formula is C15H27N3OS. The van der Waals surface area contributed by atoms with Gasteiger partial charge in [0, 0.05) is 56.4 Å². The van der Waals surface area contributed by atoms with Gasteiger partial charge in [0.25, 0.3) is 0 Å². The molecule has 0 bridgehead atoms. The lowest BCUT2D eigenvalue weighted by molar-refractivity contribution is 0.0481. The zero-order chi connectivity index (χ0) is 14.5. The maximum absolute atomic E-state index is 9.30. The summed E-state index contributed by atoms with van der Waals surface area (Å²) in [5, 5.41) is 10.4. The van der Waals surface area contributed by atoms with Crippen LogP contribution in [0.25, 0.3) is 0 Å². The number of aromatic nitrogens is 1. The summed E-state index contributed by atoms with van der Waals surface area (Å²) >= 11 is 1.79. The molecule has 1 aliphatic rings. The van der Waals surface area contributed by atoms with Gasteiger partial charge in [-0.2, -0.15) is 0 Å². The van der Waals surface area contributed by atoms with E-state index in [2.05, 4.69) is 35.6 Å². The van der Waals surface area contributed by atoms with Crippen molar-refractivity contribution in [3.8, 4) is 0 Å². The number of hydrogen-bond acceptors (Lipinski definition) is 5.